The molecule has 0 aliphatic carbocycles. The lowest BCUT2D eigenvalue weighted by molar-refractivity contribution is 0.0829. The van der Waals surface area contributed by atoms with Crippen LogP contribution in [0.4, 0.5) is 0 Å². The maximum absolute atomic E-state index is 11.4. The first-order valence-electron chi connectivity index (χ1n) is 9.53. The molecule has 0 fully saturated rings. The predicted octanol–water partition coefficient (Wildman–Crippen LogP) is 4.05. The zero-order valence-corrected chi connectivity index (χ0v) is 17.7. The Hall–Kier alpha value is -2.25. The van der Waals surface area contributed by atoms with E-state index in [0.717, 1.165) is 11.8 Å². The first kappa shape index (κ1) is 20.0. The van der Waals surface area contributed by atoms with E-state index < -0.39 is 15.7 Å². The third-order valence-electron chi connectivity index (χ3n) is 5.30. The molecule has 29 heavy (non-hydrogen) atoms. The van der Waals surface area contributed by atoms with Crippen molar-refractivity contribution in [3.63, 3.8) is 0 Å². The molecule has 4 rings (SSSR count). The van der Waals surface area contributed by atoms with Gasteiger partial charge in [0.25, 0.3) is 10.1 Å². The summed E-state index contributed by atoms with van der Waals surface area (Å²) in [5.74, 6) is 0. The molecular weight excluding hydrogens is 386 g/mol. The van der Waals surface area contributed by atoms with Gasteiger partial charge in [0.05, 0.1) is 25.0 Å². The molecule has 1 atom stereocenters. The highest BCUT2D eigenvalue weighted by atomic mass is 32.2. The van der Waals surface area contributed by atoms with Gasteiger partial charge < -0.3 is 10.1 Å². The molecule has 1 unspecified atom stereocenters. The van der Waals surface area contributed by atoms with Gasteiger partial charge in [0.2, 0.25) is 0 Å². The second-order valence-corrected chi connectivity index (χ2v) is 9.58. The van der Waals surface area contributed by atoms with Crippen molar-refractivity contribution in [1.29, 1.82) is 0 Å². The number of ether oxygens (including phenoxy) is 1. The first-order chi connectivity index (χ1) is 13.8. The lowest BCUT2D eigenvalue weighted by Gasteiger charge is -2.29. The Bertz CT molecular complexity index is 1200. The summed E-state index contributed by atoms with van der Waals surface area (Å²) >= 11 is 0. The van der Waals surface area contributed by atoms with E-state index in [2.05, 4.69) is 59.9 Å². The number of hydrogen-bond donors (Lipinski definition) is 1. The van der Waals surface area contributed by atoms with Crippen molar-refractivity contribution in [3.05, 3.63) is 60.2 Å². The maximum atomic E-state index is 11.4. The minimum absolute atomic E-state index is 0.00795. The Kier molecular flexibility index (Phi) is 5.21. The van der Waals surface area contributed by atoms with Crippen LogP contribution >= 0.6 is 0 Å². The summed E-state index contributed by atoms with van der Waals surface area (Å²) in [7, 11) is -1.93. The molecule has 0 bridgehead atoms. The van der Waals surface area contributed by atoms with Gasteiger partial charge in [-0.3, -0.25) is 4.18 Å². The summed E-state index contributed by atoms with van der Waals surface area (Å²) in [6.45, 7) is 2.81. The molecule has 0 aliphatic heterocycles. The quantitative estimate of drug-likeness (QED) is 0.350. The smallest absolute Gasteiger partial charge is 0.264 e. The number of nitrogens with one attached hydrogen (secondary N) is 1. The minimum Gasteiger partial charge on any atom is -0.383 e. The zero-order valence-electron chi connectivity index (χ0n) is 16.9. The predicted molar refractivity (Wildman–Crippen MR) is 118 cm³/mol. The van der Waals surface area contributed by atoms with E-state index in [1.165, 1.54) is 32.3 Å². The number of benzene rings is 4. The van der Waals surface area contributed by atoms with E-state index in [4.69, 9.17) is 8.92 Å². The summed E-state index contributed by atoms with van der Waals surface area (Å²) < 4.78 is 33.1. The van der Waals surface area contributed by atoms with Crippen LogP contribution in [-0.4, -0.2) is 40.5 Å². The normalized spacial score (nSPS) is 14.7. The molecule has 4 aromatic rings. The molecule has 0 spiro atoms. The monoisotopic (exact) mass is 411 g/mol. The van der Waals surface area contributed by atoms with Gasteiger partial charge in [0.1, 0.15) is 0 Å². The number of hydrogen-bond acceptors (Lipinski definition) is 5. The molecule has 0 saturated carbocycles. The van der Waals surface area contributed by atoms with Gasteiger partial charge in [-0.1, -0.05) is 42.5 Å². The fourth-order valence-electron chi connectivity index (χ4n) is 3.93. The van der Waals surface area contributed by atoms with Gasteiger partial charge >= 0.3 is 0 Å². The topological polar surface area (TPSA) is 64.6 Å². The van der Waals surface area contributed by atoms with Crippen LogP contribution in [0.2, 0.25) is 0 Å². The second-order valence-electron chi connectivity index (χ2n) is 7.94. The van der Waals surface area contributed by atoms with Gasteiger partial charge in [-0.15, -0.1) is 0 Å². The molecule has 0 saturated heterocycles. The molecule has 0 aliphatic rings. The van der Waals surface area contributed by atoms with Crippen LogP contribution in [0.25, 0.3) is 32.3 Å². The Balaban J connectivity index is 1.65. The van der Waals surface area contributed by atoms with Crippen LogP contribution in [0.15, 0.2) is 54.6 Å². The van der Waals surface area contributed by atoms with E-state index in [-0.39, 0.29) is 6.61 Å². The van der Waals surface area contributed by atoms with Crippen LogP contribution in [0.5, 0.6) is 0 Å². The summed E-state index contributed by atoms with van der Waals surface area (Å²) in [6, 6.07) is 19.4. The molecule has 4 aromatic carbocycles. The van der Waals surface area contributed by atoms with Crippen molar-refractivity contribution in [2.24, 2.45) is 0 Å². The fourth-order valence-corrected chi connectivity index (χ4v) is 4.41. The summed E-state index contributed by atoms with van der Waals surface area (Å²) in [5.41, 5.74) is 0.494. The summed E-state index contributed by atoms with van der Waals surface area (Å²) in [5, 5.41) is 10.9. The highest BCUT2D eigenvalue weighted by Crippen LogP contribution is 2.35. The average molecular weight is 412 g/mol. The van der Waals surface area contributed by atoms with Gasteiger partial charge in [0, 0.05) is 13.7 Å². The number of rotatable bonds is 8. The van der Waals surface area contributed by atoms with Gasteiger partial charge in [-0.2, -0.15) is 8.42 Å². The molecule has 152 valence electrons. The van der Waals surface area contributed by atoms with E-state index >= 15 is 0 Å². The fraction of sp³-hybridized carbons (Fsp3) is 0.304. The minimum atomic E-state index is -3.52. The van der Waals surface area contributed by atoms with E-state index in [0.29, 0.717) is 13.2 Å². The third-order valence-corrected chi connectivity index (χ3v) is 5.84. The molecule has 0 radical (unpaired) electrons. The average Bonchev–Trinajstić information content (AvgIpc) is 2.69. The van der Waals surface area contributed by atoms with Crippen LogP contribution in [0, 0.1) is 0 Å². The van der Waals surface area contributed by atoms with Crippen molar-refractivity contribution >= 4 is 42.4 Å². The standard InChI is InChI=1S/C23H25NO4S/c1-23(14-27-2,15-28-29(3,25)26)24-13-16-11-19-9-7-17-5-4-6-18-8-10-20(12-16)22(19)21(17)18/h4-12,24H,13-15H2,1-3H3. The summed E-state index contributed by atoms with van der Waals surface area (Å²) in [4.78, 5) is 0. The van der Waals surface area contributed by atoms with Crippen LogP contribution in [0.3, 0.4) is 0 Å². The SMILES string of the molecule is COCC(C)(COS(C)(=O)=O)NCc1cc2ccc3cccc4ccc(c1)c2c34. The molecule has 5 nitrogen and oxygen atoms in total. The van der Waals surface area contributed by atoms with Crippen LogP contribution in [-0.2, 0) is 25.6 Å². The maximum Gasteiger partial charge on any atom is 0.264 e. The molecule has 6 heteroatoms. The highest BCUT2D eigenvalue weighted by molar-refractivity contribution is 7.85. The molecular formula is C23H25NO4S. The second kappa shape index (κ2) is 7.54. The zero-order chi connectivity index (χ0) is 20.6. The molecule has 0 amide bonds. The number of methoxy groups -OCH3 is 1. The third kappa shape index (κ3) is 4.21. The van der Waals surface area contributed by atoms with Crippen molar-refractivity contribution in [2.45, 2.75) is 19.0 Å². The molecule has 1 N–H and O–H groups in total. The van der Waals surface area contributed by atoms with Crippen molar-refractivity contribution in [2.75, 3.05) is 26.6 Å². The molecule has 0 heterocycles. The van der Waals surface area contributed by atoms with E-state index in [9.17, 15) is 8.42 Å². The van der Waals surface area contributed by atoms with Crippen molar-refractivity contribution < 1.29 is 17.3 Å². The molecule has 0 aromatic heterocycles. The van der Waals surface area contributed by atoms with Gasteiger partial charge in [0.15, 0.2) is 0 Å². The van der Waals surface area contributed by atoms with E-state index in [1.807, 2.05) is 6.92 Å². The lowest BCUT2D eigenvalue weighted by Crippen LogP contribution is -2.50. The van der Waals surface area contributed by atoms with Gasteiger partial charge in [-0.05, 0) is 56.9 Å². The van der Waals surface area contributed by atoms with Crippen LogP contribution in [0.1, 0.15) is 12.5 Å². The lowest BCUT2D eigenvalue weighted by atomic mass is 9.93. The Morgan fingerprint density at radius 1 is 0.897 bits per heavy atom. The Labute approximate surface area is 171 Å². The Morgan fingerprint density at radius 2 is 1.45 bits per heavy atom. The van der Waals surface area contributed by atoms with E-state index in [1.54, 1.807) is 7.11 Å². The Morgan fingerprint density at radius 3 is 2.00 bits per heavy atom. The van der Waals surface area contributed by atoms with Crippen molar-refractivity contribution in [1.82, 2.24) is 5.32 Å². The van der Waals surface area contributed by atoms with Gasteiger partial charge in [-0.25, -0.2) is 0 Å². The highest BCUT2D eigenvalue weighted by Gasteiger charge is 2.26. The summed E-state index contributed by atoms with van der Waals surface area (Å²) in [6.07, 6.45) is 1.05. The van der Waals surface area contributed by atoms with Crippen molar-refractivity contribution in [3.8, 4) is 0 Å². The first-order valence-corrected chi connectivity index (χ1v) is 11.3. The largest absolute Gasteiger partial charge is 0.383 e. The van der Waals surface area contributed by atoms with Crippen LogP contribution < -0.4 is 5.32 Å².